The SMILES string of the molecule is C1CCC(N=C(C2CCCCC2)N2CCOCC2)CC1. The van der Waals surface area contributed by atoms with Crippen LogP contribution in [-0.4, -0.2) is 43.1 Å². The van der Waals surface area contributed by atoms with E-state index in [4.69, 9.17) is 9.73 Å². The minimum Gasteiger partial charge on any atom is -0.378 e. The monoisotopic (exact) mass is 278 g/mol. The van der Waals surface area contributed by atoms with Crippen molar-refractivity contribution >= 4 is 5.84 Å². The third-order valence-corrected chi connectivity index (χ3v) is 5.19. The second kappa shape index (κ2) is 7.44. The van der Waals surface area contributed by atoms with E-state index in [2.05, 4.69) is 4.90 Å². The number of aliphatic imine (C=N–C) groups is 1. The van der Waals surface area contributed by atoms with Crippen LogP contribution < -0.4 is 0 Å². The Morgan fingerprint density at radius 1 is 0.800 bits per heavy atom. The first-order valence-electron chi connectivity index (χ1n) is 8.84. The van der Waals surface area contributed by atoms with Gasteiger partial charge in [0.05, 0.1) is 19.3 Å². The van der Waals surface area contributed by atoms with Crippen molar-refractivity contribution in [2.75, 3.05) is 26.3 Å². The van der Waals surface area contributed by atoms with E-state index < -0.39 is 0 Å². The van der Waals surface area contributed by atoms with E-state index in [-0.39, 0.29) is 0 Å². The van der Waals surface area contributed by atoms with Crippen molar-refractivity contribution in [1.29, 1.82) is 0 Å². The molecule has 114 valence electrons. The summed E-state index contributed by atoms with van der Waals surface area (Å²) in [6, 6.07) is 0.614. The molecule has 3 fully saturated rings. The lowest BCUT2D eigenvalue weighted by atomic mass is 9.87. The molecule has 20 heavy (non-hydrogen) atoms. The predicted molar refractivity (Wildman–Crippen MR) is 83.3 cm³/mol. The topological polar surface area (TPSA) is 24.8 Å². The Labute approximate surface area is 123 Å². The molecule has 0 N–H and O–H groups in total. The first-order chi connectivity index (χ1) is 9.93. The molecule has 3 heteroatoms. The van der Waals surface area contributed by atoms with Gasteiger partial charge in [-0.1, -0.05) is 38.5 Å². The maximum Gasteiger partial charge on any atom is 0.102 e. The highest BCUT2D eigenvalue weighted by Gasteiger charge is 2.26. The highest BCUT2D eigenvalue weighted by Crippen LogP contribution is 2.29. The van der Waals surface area contributed by atoms with Gasteiger partial charge in [0.2, 0.25) is 0 Å². The van der Waals surface area contributed by atoms with Gasteiger partial charge in [0, 0.05) is 19.0 Å². The van der Waals surface area contributed by atoms with E-state index in [0.717, 1.165) is 32.2 Å². The Hall–Kier alpha value is -0.570. The van der Waals surface area contributed by atoms with Crippen LogP contribution in [0.1, 0.15) is 64.2 Å². The van der Waals surface area contributed by atoms with Crippen LogP contribution in [0, 0.1) is 5.92 Å². The molecule has 0 aromatic carbocycles. The average molecular weight is 278 g/mol. The molecule has 1 saturated heterocycles. The van der Waals surface area contributed by atoms with E-state index in [9.17, 15) is 0 Å². The van der Waals surface area contributed by atoms with Gasteiger partial charge >= 0.3 is 0 Å². The van der Waals surface area contributed by atoms with Gasteiger partial charge in [-0.25, -0.2) is 0 Å². The molecule has 3 aliphatic rings. The van der Waals surface area contributed by atoms with Gasteiger partial charge in [0.1, 0.15) is 5.84 Å². The smallest absolute Gasteiger partial charge is 0.102 e. The van der Waals surface area contributed by atoms with E-state index in [1.54, 1.807) is 0 Å². The number of ether oxygens (including phenoxy) is 1. The summed E-state index contributed by atoms with van der Waals surface area (Å²) >= 11 is 0. The van der Waals surface area contributed by atoms with Crippen LogP contribution in [0.5, 0.6) is 0 Å². The van der Waals surface area contributed by atoms with Crippen LogP contribution in [0.3, 0.4) is 0 Å². The normalized spacial score (nSPS) is 27.8. The highest BCUT2D eigenvalue weighted by molar-refractivity contribution is 5.85. The van der Waals surface area contributed by atoms with Gasteiger partial charge in [-0.3, -0.25) is 4.99 Å². The maximum atomic E-state index is 5.53. The van der Waals surface area contributed by atoms with Crippen LogP contribution in [0.4, 0.5) is 0 Å². The van der Waals surface area contributed by atoms with Crippen LogP contribution in [0.25, 0.3) is 0 Å². The average Bonchev–Trinajstić information content (AvgIpc) is 2.55. The second-order valence-corrected chi connectivity index (χ2v) is 6.71. The molecule has 0 aromatic heterocycles. The zero-order valence-corrected chi connectivity index (χ0v) is 12.9. The lowest BCUT2D eigenvalue weighted by molar-refractivity contribution is 0.0649. The fourth-order valence-corrected chi connectivity index (χ4v) is 4.00. The van der Waals surface area contributed by atoms with E-state index in [0.29, 0.717) is 6.04 Å². The van der Waals surface area contributed by atoms with Crippen LogP contribution in [0.2, 0.25) is 0 Å². The third kappa shape index (κ3) is 3.75. The Bertz CT molecular complexity index is 291. The number of hydrogen-bond acceptors (Lipinski definition) is 2. The lowest BCUT2D eigenvalue weighted by Crippen LogP contribution is -2.45. The first-order valence-corrected chi connectivity index (χ1v) is 8.84. The van der Waals surface area contributed by atoms with Crippen molar-refractivity contribution < 1.29 is 4.74 Å². The minimum absolute atomic E-state index is 0.614. The molecule has 0 bridgehead atoms. The van der Waals surface area contributed by atoms with Crippen molar-refractivity contribution in [2.45, 2.75) is 70.3 Å². The van der Waals surface area contributed by atoms with Crippen molar-refractivity contribution in [1.82, 2.24) is 4.90 Å². The van der Waals surface area contributed by atoms with Crippen molar-refractivity contribution in [2.24, 2.45) is 10.9 Å². The van der Waals surface area contributed by atoms with Crippen LogP contribution in [0.15, 0.2) is 4.99 Å². The third-order valence-electron chi connectivity index (χ3n) is 5.19. The Morgan fingerprint density at radius 2 is 1.40 bits per heavy atom. The summed E-state index contributed by atoms with van der Waals surface area (Å²) in [5, 5.41) is 0. The van der Waals surface area contributed by atoms with Crippen LogP contribution in [-0.2, 0) is 4.74 Å². The molecule has 1 heterocycles. The summed E-state index contributed by atoms with van der Waals surface area (Å²) in [6.45, 7) is 3.89. The van der Waals surface area contributed by atoms with Gasteiger partial charge in [-0.15, -0.1) is 0 Å². The minimum atomic E-state index is 0.614. The molecule has 3 rings (SSSR count). The van der Waals surface area contributed by atoms with E-state index in [1.807, 2.05) is 0 Å². The van der Waals surface area contributed by atoms with Gasteiger partial charge in [-0.2, -0.15) is 0 Å². The number of hydrogen-bond donors (Lipinski definition) is 0. The number of rotatable bonds is 2. The molecule has 2 aliphatic carbocycles. The Balaban J connectivity index is 1.71. The van der Waals surface area contributed by atoms with Crippen molar-refractivity contribution in [3.63, 3.8) is 0 Å². The zero-order valence-electron chi connectivity index (χ0n) is 12.9. The molecule has 0 radical (unpaired) electrons. The highest BCUT2D eigenvalue weighted by atomic mass is 16.5. The largest absolute Gasteiger partial charge is 0.378 e. The maximum absolute atomic E-state index is 5.53. The first kappa shape index (κ1) is 14.4. The van der Waals surface area contributed by atoms with Gasteiger partial charge in [0.15, 0.2) is 0 Å². The second-order valence-electron chi connectivity index (χ2n) is 6.71. The molecular formula is C17H30N2O. The molecule has 0 atom stereocenters. The molecule has 1 aliphatic heterocycles. The summed E-state index contributed by atoms with van der Waals surface area (Å²) in [6.07, 6.45) is 13.8. The fourth-order valence-electron chi connectivity index (χ4n) is 4.00. The van der Waals surface area contributed by atoms with Crippen LogP contribution >= 0.6 is 0 Å². The van der Waals surface area contributed by atoms with E-state index >= 15 is 0 Å². The summed E-state index contributed by atoms with van der Waals surface area (Å²) in [4.78, 5) is 7.82. The van der Waals surface area contributed by atoms with Crippen molar-refractivity contribution in [3.05, 3.63) is 0 Å². The van der Waals surface area contributed by atoms with Gasteiger partial charge < -0.3 is 9.64 Å². The van der Waals surface area contributed by atoms with Gasteiger partial charge in [-0.05, 0) is 25.7 Å². The molecule has 0 aromatic rings. The molecular weight excluding hydrogens is 248 g/mol. The predicted octanol–water partition coefficient (Wildman–Crippen LogP) is 3.63. The summed E-state index contributed by atoms with van der Waals surface area (Å²) < 4.78 is 5.53. The fraction of sp³-hybridized carbons (Fsp3) is 0.941. The summed E-state index contributed by atoms with van der Waals surface area (Å²) in [5.74, 6) is 2.20. The summed E-state index contributed by atoms with van der Waals surface area (Å²) in [5.41, 5.74) is 0. The number of morpholine rings is 1. The molecule has 0 unspecified atom stereocenters. The number of nitrogens with zero attached hydrogens (tertiary/aromatic N) is 2. The molecule has 2 saturated carbocycles. The molecule has 0 amide bonds. The lowest BCUT2D eigenvalue weighted by Gasteiger charge is -2.36. The zero-order chi connectivity index (χ0) is 13.6. The van der Waals surface area contributed by atoms with E-state index in [1.165, 1.54) is 70.0 Å². The van der Waals surface area contributed by atoms with Crippen molar-refractivity contribution in [3.8, 4) is 0 Å². The standard InChI is InChI=1S/C17H30N2O/c1-3-7-15(8-4-1)17(19-11-13-20-14-12-19)18-16-9-5-2-6-10-16/h15-16H,1-14H2. The molecule has 0 spiro atoms. The van der Waals surface area contributed by atoms with Gasteiger partial charge in [0.25, 0.3) is 0 Å². The molecule has 3 nitrogen and oxygen atoms in total. The quantitative estimate of drug-likeness (QED) is 0.569. The Kier molecular flexibility index (Phi) is 5.35. The number of amidine groups is 1. The summed E-state index contributed by atoms with van der Waals surface area (Å²) in [7, 11) is 0. The Morgan fingerprint density at radius 3 is 2.05 bits per heavy atom.